The van der Waals surface area contributed by atoms with Gasteiger partial charge in [-0.2, -0.15) is 17.0 Å². The fourth-order valence-corrected chi connectivity index (χ4v) is 4.45. The standard InChI is InChI=1S/C12H22N2O5S/c1-19-8-7-14(11-4-5-11)20(17,18)13-6-2-3-10(9-13)12(15)16/h10-11H,2-9H2,1H3,(H,15,16). The van der Waals surface area contributed by atoms with Gasteiger partial charge in [0.1, 0.15) is 0 Å². The molecule has 1 saturated heterocycles. The summed E-state index contributed by atoms with van der Waals surface area (Å²) in [4.78, 5) is 11.1. The van der Waals surface area contributed by atoms with Gasteiger partial charge in [-0.25, -0.2) is 0 Å². The van der Waals surface area contributed by atoms with Crippen molar-refractivity contribution in [1.29, 1.82) is 0 Å². The van der Waals surface area contributed by atoms with Gasteiger partial charge in [0.2, 0.25) is 0 Å². The zero-order chi connectivity index (χ0) is 14.8. The van der Waals surface area contributed by atoms with Gasteiger partial charge in [-0.15, -0.1) is 0 Å². The molecular weight excluding hydrogens is 284 g/mol. The van der Waals surface area contributed by atoms with Crippen LogP contribution < -0.4 is 0 Å². The van der Waals surface area contributed by atoms with Gasteiger partial charge in [-0.05, 0) is 25.7 Å². The van der Waals surface area contributed by atoms with E-state index in [1.165, 1.54) is 8.61 Å². The molecule has 0 amide bonds. The van der Waals surface area contributed by atoms with Crippen molar-refractivity contribution in [2.45, 2.75) is 31.7 Å². The Labute approximate surface area is 119 Å². The third kappa shape index (κ3) is 3.49. The Kier molecular flexibility index (Phi) is 5.00. The molecular formula is C12H22N2O5S. The first-order valence-corrected chi connectivity index (χ1v) is 8.35. The number of rotatable bonds is 7. The van der Waals surface area contributed by atoms with Crippen LogP contribution in [0.4, 0.5) is 0 Å². The molecule has 116 valence electrons. The minimum Gasteiger partial charge on any atom is -0.481 e. The van der Waals surface area contributed by atoms with Crippen molar-refractivity contribution in [3.8, 4) is 0 Å². The van der Waals surface area contributed by atoms with Crippen molar-refractivity contribution < 1.29 is 23.1 Å². The Bertz CT molecular complexity index is 449. The van der Waals surface area contributed by atoms with Crippen LogP contribution in [0.3, 0.4) is 0 Å². The molecule has 0 spiro atoms. The SMILES string of the molecule is COCCN(C1CC1)S(=O)(=O)N1CCCC(C(=O)O)C1. The minimum atomic E-state index is -3.58. The number of hydrogen-bond acceptors (Lipinski definition) is 4. The number of piperidine rings is 1. The Morgan fingerprint density at radius 1 is 1.40 bits per heavy atom. The molecule has 0 aromatic heterocycles. The molecule has 0 bridgehead atoms. The van der Waals surface area contributed by atoms with Crippen LogP contribution >= 0.6 is 0 Å². The highest BCUT2D eigenvalue weighted by atomic mass is 32.2. The van der Waals surface area contributed by atoms with E-state index in [1.807, 2.05) is 0 Å². The van der Waals surface area contributed by atoms with E-state index >= 15 is 0 Å². The number of hydrogen-bond donors (Lipinski definition) is 1. The molecule has 1 N–H and O–H groups in total. The number of carboxylic acid groups (broad SMARTS) is 1. The van der Waals surface area contributed by atoms with Gasteiger partial charge in [0.05, 0.1) is 12.5 Å². The van der Waals surface area contributed by atoms with Crippen LogP contribution in [-0.4, -0.2) is 67.5 Å². The predicted molar refractivity (Wildman–Crippen MR) is 72.5 cm³/mol. The lowest BCUT2D eigenvalue weighted by molar-refractivity contribution is -0.142. The molecule has 0 radical (unpaired) electrons. The first-order valence-electron chi connectivity index (χ1n) is 6.95. The molecule has 0 aromatic rings. The number of carboxylic acids is 1. The molecule has 2 fully saturated rings. The van der Waals surface area contributed by atoms with Crippen molar-refractivity contribution in [3.05, 3.63) is 0 Å². The molecule has 1 heterocycles. The van der Waals surface area contributed by atoms with Crippen LogP contribution in [0.1, 0.15) is 25.7 Å². The van der Waals surface area contributed by atoms with E-state index in [1.54, 1.807) is 7.11 Å². The lowest BCUT2D eigenvalue weighted by atomic mass is 10.0. The molecule has 1 unspecified atom stereocenters. The van der Waals surface area contributed by atoms with Crippen LogP contribution in [-0.2, 0) is 19.7 Å². The monoisotopic (exact) mass is 306 g/mol. The fraction of sp³-hybridized carbons (Fsp3) is 0.917. The average Bonchev–Trinajstić information content (AvgIpc) is 3.23. The quantitative estimate of drug-likeness (QED) is 0.723. The summed E-state index contributed by atoms with van der Waals surface area (Å²) in [5.41, 5.74) is 0. The highest BCUT2D eigenvalue weighted by molar-refractivity contribution is 7.86. The highest BCUT2D eigenvalue weighted by Crippen LogP contribution is 2.31. The Balaban J connectivity index is 2.08. The van der Waals surface area contributed by atoms with Crippen molar-refractivity contribution in [2.24, 2.45) is 5.92 Å². The maximum absolute atomic E-state index is 12.6. The van der Waals surface area contributed by atoms with E-state index in [0.717, 1.165) is 12.8 Å². The molecule has 2 rings (SSSR count). The number of aliphatic carboxylic acids is 1. The van der Waals surface area contributed by atoms with Crippen LogP contribution in [0.15, 0.2) is 0 Å². The van der Waals surface area contributed by atoms with E-state index in [9.17, 15) is 13.2 Å². The van der Waals surface area contributed by atoms with E-state index in [2.05, 4.69) is 0 Å². The first kappa shape index (κ1) is 15.7. The Hall–Kier alpha value is -0.700. The smallest absolute Gasteiger partial charge is 0.307 e. The fourth-order valence-electron chi connectivity index (χ4n) is 2.53. The Morgan fingerprint density at radius 3 is 2.65 bits per heavy atom. The second kappa shape index (κ2) is 6.38. The summed E-state index contributed by atoms with van der Waals surface area (Å²) >= 11 is 0. The van der Waals surface area contributed by atoms with Crippen molar-refractivity contribution in [1.82, 2.24) is 8.61 Å². The van der Waals surface area contributed by atoms with Crippen molar-refractivity contribution >= 4 is 16.2 Å². The van der Waals surface area contributed by atoms with E-state index in [4.69, 9.17) is 9.84 Å². The Morgan fingerprint density at radius 2 is 2.10 bits per heavy atom. The largest absolute Gasteiger partial charge is 0.481 e. The molecule has 1 aliphatic heterocycles. The third-order valence-corrected chi connectivity index (χ3v) is 5.88. The van der Waals surface area contributed by atoms with Crippen LogP contribution in [0.25, 0.3) is 0 Å². The summed E-state index contributed by atoms with van der Waals surface area (Å²) in [7, 11) is -2.04. The number of ether oxygens (including phenoxy) is 1. The lowest BCUT2D eigenvalue weighted by Crippen LogP contribution is -2.50. The summed E-state index contributed by atoms with van der Waals surface area (Å²) in [6, 6.07) is 0.0559. The zero-order valence-corrected chi connectivity index (χ0v) is 12.5. The van der Waals surface area contributed by atoms with E-state index in [0.29, 0.717) is 32.5 Å². The molecule has 1 atom stereocenters. The molecule has 7 nitrogen and oxygen atoms in total. The predicted octanol–water partition coefficient (Wildman–Crippen LogP) is 0.139. The summed E-state index contributed by atoms with van der Waals surface area (Å²) in [6.45, 7) is 1.17. The molecule has 8 heteroatoms. The maximum atomic E-state index is 12.6. The zero-order valence-electron chi connectivity index (χ0n) is 11.7. The molecule has 20 heavy (non-hydrogen) atoms. The van der Waals surface area contributed by atoms with Crippen LogP contribution in [0, 0.1) is 5.92 Å². The minimum absolute atomic E-state index is 0.0559. The second-order valence-corrected chi connectivity index (χ2v) is 7.26. The van der Waals surface area contributed by atoms with Gasteiger partial charge in [0, 0.05) is 32.8 Å². The summed E-state index contributed by atoms with van der Waals surface area (Å²) < 4.78 is 33.1. The lowest BCUT2D eigenvalue weighted by Gasteiger charge is -2.34. The normalized spacial score (nSPS) is 25.0. The molecule has 1 aliphatic carbocycles. The van der Waals surface area contributed by atoms with Gasteiger partial charge in [0.15, 0.2) is 0 Å². The summed E-state index contributed by atoms with van der Waals surface area (Å²) in [6.07, 6.45) is 2.89. The molecule has 1 saturated carbocycles. The van der Waals surface area contributed by atoms with Gasteiger partial charge in [-0.1, -0.05) is 0 Å². The summed E-state index contributed by atoms with van der Waals surface area (Å²) in [5.74, 6) is -1.51. The van der Waals surface area contributed by atoms with Crippen LogP contribution in [0.5, 0.6) is 0 Å². The molecule has 0 aromatic carbocycles. The maximum Gasteiger partial charge on any atom is 0.307 e. The summed E-state index contributed by atoms with van der Waals surface area (Å²) in [5, 5.41) is 9.07. The topological polar surface area (TPSA) is 87.2 Å². The molecule has 2 aliphatic rings. The van der Waals surface area contributed by atoms with Gasteiger partial charge in [-0.3, -0.25) is 4.79 Å². The number of methoxy groups -OCH3 is 1. The van der Waals surface area contributed by atoms with Gasteiger partial charge >= 0.3 is 5.97 Å². The first-order chi connectivity index (χ1) is 9.46. The van der Waals surface area contributed by atoms with Crippen molar-refractivity contribution in [3.63, 3.8) is 0 Å². The van der Waals surface area contributed by atoms with E-state index in [-0.39, 0.29) is 12.6 Å². The third-order valence-electron chi connectivity index (χ3n) is 3.83. The second-order valence-electron chi connectivity index (χ2n) is 5.38. The van der Waals surface area contributed by atoms with Gasteiger partial charge < -0.3 is 9.84 Å². The number of nitrogens with zero attached hydrogens (tertiary/aromatic N) is 2. The van der Waals surface area contributed by atoms with Gasteiger partial charge in [0.25, 0.3) is 10.2 Å². The highest BCUT2D eigenvalue weighted by Gasteiger charge is 2.42. The average molecular weight is 306 g/mol. The van der Waals surface area contributed by atoms with E-state index < -0.39 is 22.1 Å². The van der Waals surface area contributed by atoms with Crippen LogP contribution in [0.2, 0.25) is 0 Å². The van der Waals surface area contributed by atoms with Crippen molar-refractivity contribution in [2.75, 3.05) is 33.4 Å². The number of carbonyl (C=O) groups is 1.